The maximum Gasteiger partial charge on any atom is -0.00607 e. The molecule has 0 nitrogen and oxygen atoms in total. The van der Waals surface area contributed by atoms with Gasteiger partial charge in [-0.05, 0) is 56.1 Å². The smallest absolute Gasteiger partial charge is 0.00607 e. The Kier molecular flexibility index (Phi) is 2.99. The Hall–Kier alpha value is -2.17. The van der Waals surface area contributed by atoms with Crippen LogP contribution in [0.5, 0.6) is 0 Å². The van der Waals surface area contributed by atoms with Gasteiger partial charge in [0.25, 0.3) is 0 Å². The van der Waals surface area contributed by atoms with Crippen LogP contribution in [0.25, 0.3) is 32.7 Å². The summed E-state index contributed by atoms with van der Waals surface area (Å²) in [6, 6.07) is 26.9. The lowest BCUT2D eigenvalue weighted by Gasteiger charge is -2.15. The van der Waals surface area contributed by atoms with Crippen LogP contribution in [0, 0.1) is 0 Å². The molecule has 23 heavy (non-hydrogen) atoms. The summed E-state index contributed by atoms with van der Waals surface area (Å²) in [6.45, 7) is 0. The standard InChI is InChI=1S/C22H17P/c1-3-7-19-15(5-1)9-11-17-13-23-14-18-12-10-16-6-2-4-8-20(16)22(18)21(17)19/h1-12,23H,13-14H2. The molecule has 0 aliphatic carbocycles. The molecule has 110 valence electrons. The molecule has 4 aromatic rings. The largest absolute Gasteiger partial charge is 0.113 e. The maximum absolute atomic E-state index is 2.35. The molecule has 0 atom stereocenters. The van der Waals surface area contributed by atoms with Crippen molar-refractivity contribution in [3.8, 4) is 11.1 Å². The van der Waals surface area contributed by atoms with E-state index in [9.17, 15) is 0 Å². The quantitative estimate of drug-likeness (QED) is 0.332. The SMILES string of the molecule is c1ccc2c3c(ccc2c1)CPCc1ccc2ccccc2c1-3. The summed E-state index contributed by atoms with van der Waals surface area (Å²) in [5, 5.41) is 5.48. The molecule has 0 fully saturated rings. The predicted octanol–water partition coefficient (Wildman–Crippen LogP) is 6.35. The Labute approximate surface area is 137 Å². The summed E-state index contributed by atoms with van der Waals surface area (Å²) in [6.07, 6.45) is 2.40. The lowest BCUT2D eigenvalue weighted by atomic mass is 9.88. The van der Waals surface area contributed by atoms with Gasteiger partial charge >= 0.3 is 0 Å². The van der Waals surface area contributed by atoms with Gasteiger partial charge in [0.2, 0.25) is 0 Å². The van der Waals surface area contributed by atoms with Gasteiger partial charge in [-0.1, -0.05) is 72.8 Å². The van der Waals surface area contributed by atoms with Crippen molar-refractivity contribution in [3.63, 3.8) is 0 Å². The Morgan fingerprint density at radius 2 is 1.00 bits per heavy atom. The third-order valence-corrected chi connectivity index (χ3v) is 6.17. The summed E-state index contributed by atoms with van der Waals surface area (Å²) >= 11 is 0. The van der Waals surface area contributed by atoms with Crippen molar-refractivity contribution in [3.05, 3.63) is 83.9 Å². The molecule has 0 spiro atoms. The minimum atomic E-state index is 0.971. The van der Waals surface area contributed by atoms with Gasteiger partial charge in [0, 0.05) is 0 Å². The average Bonchev–Trinajstić information content (AvgIpc) is 2.81. The summed E-state index contributed by atoms with van der Waals surface area (Å²) in [5.41, 5.74) is 5.97. The molecule has 1 aliphatic heterocycles. The topological polar surface area (TPSA) is 0 Å². The van der Waals surface area contributed by atoms with Crippen molar-refractivity contribution in [2.45, 2.75) is 12.3 Å². The molecule has 0 radical (unpaired) electrons. The molecular weight excluding hydrogens is 295 g/mol. The second-order valence-corrected chi connectivity index (χ2v) is 7.45. The predicted molar refractivity (Wildman–Crippen MR) is 103 cm³/mol. The fourth-order valence-electron chi connectivity index (χ4n) is 3.85. The van der Waals surface area contributed by atoms with Crippen LogP contribution >= 0.6 is 8.58 Å². The van der Waals surface area contributed by atoms with Crippen molar-refractivity contribution in [1.29, 1.82) is 0 Å². The Morgan fingerprint density at radius 1 is 0.522 bits per heavy atom. The number of rotatable bonds is 0. The molecule has 0 bridgehead atoms. The number of benzene rings is 4. The summed E-state index contributed by atoms with van der Waals surface area (Å²) < 4.78 is 0. The number of hydrogen-bond donors (Lipinski definition) is 0. The molecule has 1 heteroatoms. The molecule has 4 aromatic carbocycles. The highest BCUT2D eigenvalue weighted by Crippen LogP contribution is 2.45. The molecule has 1 aliphatic rings. The van der Waals surface area contributed by atoms with E-state index in [1.54, 1.807) is 0 Å². The van der Waals surface area contributed by atoms with Crippen molar-refractivity contribution in [1.82, 2.24) is 0 Å². The van der Waals surface area contributed by atoms with E-state index in [-0.39, 0.29) is 0 Å². The first-order valence-electron chi connectivity index (χ1n) is 8.14. The van der Waals surface area contributed by atoms with Crippen LogP contribution in [0.2, 0.25) is 0 Å². The fourth-order valence-corrected chi connectivity index (χ4v) is 5.10. The van der Waals surface area contributed by atoms with Crippen molar-refractivity contribution < 1.29 is 0 Å². The van der Waals surface area contributed by atoms with E-state index in [0.717, 1.165) is 8.58 Å². The van der Waals surface area contributed by atoms with E-state index in [4.69, 9.17) is 0 Å². The zero-order valence-corrected chi connectivity index (χ0v) is 13.8. The molecule has 5 rings (SSSR count). The molecule has 0 amide bonds. The molecular formula is C22H17P. The number of hydrogen-bond acceptors (Lipinski definition) is 0. The van der Waals surface area contributed by atoms with Crippen LogP contribution in [-0.4, -0.2) is 0 Å². The lowest BCUT2D eigenvalue weighted by molar-refractivity contribution is 1.42. The van der Waals surface area contributed by atoms with Crippen LogP contribution in [0.4, 0.5) is 0 Å². The highest BCUT2D eigenvalue weighted by molar-refractivity contribution is 7.36. The van der Waals surface area contributed by atoms with E-state index in [0.29, 0.717) is 0 Å². The van der Waals surface area contributed by atoms with Gasteiger partial charge in [0.1, 0.15) is 0 Å². The minimum absolute atomic E-state index is 0.971. The van der Waals surface area contributed by atoms with Crippen LogP contribution in [0.1, 0.15) is 11.1 Å². The van der Waals surface area contributed by atoms with Crippen LogP contribution in [0.15, 0.2) is 72.8 Å². The van der Waals surface area contributed by atoms with Crippen molar-refractivity contribution in [2.24, 2.45) is 0 Å². The first-order chi connectivity index (χ1) is 11.4. The Bertz CT molecular complexity index is 961. The highest BCUT2D eigenvalue weighted by atomic mass is 31.1. The zero-order valence-electron chi connectivity index (χ0n) is 12.8. The first kappa shape index (κ1) is 13.3. The first-order valence-corrected chi connectivity index (χ1v) is 9.55. The Balaban J connectivity index is 2.01. The van der Waals surface area contributed by atoms with Crippen LogP contribution in [0.3, 0.4) is 0 Å². The van der Waals surface area contributed by atoms with Crippen molar-refractivity contribution >= 4 is 30.1 Å². The average molecular weight is 312 g/mol. The Morgan fingerprint density at radius 3 is 1.52 bits per heavy atom. The van der Waals surface area contributed by atoms with Gasteiger partial charge < -0.3 is 0 Å². The van der Waals surface area contributed by atoms with Gasteiger partial charge in [-0.25, -0.2) is 0 Å². The minimum Gasteiger partial charge on any atom is -0.113 e. The molecule has 0 saturated carbocycles. The normalized spacial score (nSPS) is 13.6. The second-order valence-electron chi connectivity index (χ2n) is 6.25. The summed E-state index contributed by atoms with van der Waals surface area (Å²) in [5.74, 6) is 0. The van der Waals surface area contributed by atoms with Gasteiger partial charge in [-0.3, -0.25) is 0 Å². The third kappa shape index (κ3) is 2.02. The summed E-state index contributed by atoms with van der Waals surface area (Å²) in [7, 11) is 0.971. The monoisotopic (exact) mass is 312 g/mol. The summed E-state index contributed by atoms with van der Waals surface area (Å²) in [4.78, 5) is 0. The molecule has 0 saturated heterocycles. The van der Waals surface area contributed by atoms with Gasteiger partial charge in [0.15, 0.2) is 0 Å². The second kappa shape index (κ2) is 5.18. The van der Waals surface area contributed by atoms with E-state index >= 15 is 0 Å². The van der Waals surface area contributed by atoms with Gasteiger partial charge in [-0.2, -0.15) is 0 Å². The van der Waals surface area contributed by atoms with E-state index in [2.05, 4.69) is 72.8 Å². The van der Waals surface area contributed by atoms with Gasteiger partial charge in [-0.15, -0.1) is 8.58 Å². The van der Waals surface area contributed by atoms with Crippen molar-refractivity contribution in [2.75, 3.05) is 0 Å². The lowest BCUT2D eigenvalue weighted by Crippen LogP contribution is -1.92. The van der Waals surface area contributed by atoms with Gasteiger partial charge in [0.05, 0.1) is 0 Å². The fraction of sp³-hybridized carbons (Fsp3) is 0.0909. The van der Waals surface area contributed by atoms with E-state index in [1.807, 2.05) is 0 Å². The van der Waals surface area contributed by atoms with Crippen LogP contribution in [-0.2, 0) is 12.3 Å². The number of fused-ring (bicyclic) bond motifs is 7. The highest BCUT2D eigenvalue weighted by Gasteiger charge is 2.19. The zero-order chi connectivity index (χ0) is 15.2. The molecule has 0 N–H and O–H groups in total. The molecule has 1 heterocycles. The van der Waals surface area contributed by atoms with E-state index in [1.165, 1.54) is 56.1 Å². The van der Waals surface area contributed by atoms with E-state index < -0.39 is 0 Å². The van der Waals surface area contributed by atoms with Crippen LogP contribution < -0.4 is 0 Å². The molecule has 0 unspecified atom stereocenters. The third-order valence-electron chi connectivity index (χ3n) is 4.91. The maximum atomic E-state index is 2.35. The molecule has 0 aromatic heterocycles.